The first-order valence-electron chi connectivity index (χ1n) is 4.36. The number of rotatable bonds is 5. The molecule has 0 aliphatic carbocycles. The molecule has 8 heteroatoms. The summed E-state index contributed by atoms with van der Waals surface area (Å²) in [7, 11) is 5.08. The maximum Gasteiger partial charge on any atom is 0.188 e. The van der Waals surface area contributed by atoms with Gasteiger partial charge in [0.1, 0.15) is 0 Å². The summed E-state index contributed by atoms with van der Waals surface area (Å²) in [6.07, 6.45) is 7.39. The van der Waals surface area contributed by atoms with Crippen LogP contribution in [0.3, 0.4) is 0 Å². The van der Waals surface area contributed by atoms with Crippen LogP contribution in [0.1, 0.15) is 5.56 Å². The summed E-state index contributed by atoms with van der Waals surface area (Å²) < 4.78 is 0. The first-order chi connectivity index (χ1) is 7.51. The second-order valence-electron chi connectivity index (χ2n) is 3.43. The molecule has 1 aromatic rings. The van der Waals surface area contributed by atoms with Crippen LogP contribution in [0.5, 0.6) is 0 Å². The van der Waals surface area contributed by atoms with Gasteiger partial charge in [-0.15, -0.1) is 0 Å². The fraction of sp³-hybridized carbons (Fsp3) is 0.500. The Balaban J connectivity index is 2.54. The number of azide groups is 1. The first-order valence-corrected chi connectivity index (χ1v) is 8.79. The van der Waals surface area contributed by atoms with Crippen LogP contribution >= 0.6 is 31.7 Å². The Hall–Kier alpha value is -0.620. The average molecular weight is 278 g/mol. The highest BCUT2D eigenvalue weighted by Crippen LogP contribution is 2.48. The Morgan fingerprint density at radius 1 is 1.50 bits per heavy atom. The van der Waals surface area contributed by atoms with Gasteiger partial charge in [-0.2, -0.15) is 9.24 Å². The van der Waals surface area contributed by atoms with E-state index < -0.39 is 9.24 Å². The molecular weight excluding hydrogens is 266 g/mol. The zero-order valence-electron chi connectivity index (χ0n) is 9.00. The number of hydrogen-bond donors (Lipinski definition) is 0. The minimum Gasteiger partial charge on any atom is -0.231 e. The van der Waals surface area contributed by atoms with Gasteiger partial charge >= 0.3 is 0 Å². The molecule has 0 saturated carbocycles. The molecule has 0 aromatic carbocycles. The second kappa shape index (κ2) is 6.20. The van der Waals surface area contributed by atoms with Crippen LogP contribution in [0.25, 0.3) is 10.4 Å². The molecule has 0 unspecified atom stereocenters. The van der Waals surface area contributed by atoms with Crippen molar-refractivity contribution >= 4 is 31.7 Å². The lowest BCUT2D eigenvalue weighted by atomic mass is 10.4. The van der Waals surface area contributed by atoms with Gasteiger partial charge in [0.15, 0.2) is 5.16 Å². The van der Waals surface area contributed by atoms with E-state index in [2.05, 4.69) is 20.0 Å². The van der Waals surface area contributed by atoms with Crippen molar-refractivity contribution in [2.24, 2.45) is 5.11 Å². The topological polar surface area (TPSA) is 74.5 Å². The normalized spacial score (nSPS) is 11.9. The smallest absolute Gasteiger partial charge is 0.188 e. The Labute approximate surface area is 104 Å². The molecule has 5 nitrogen and oxygen atoms in total. The van der Waals surface area contributed by atoms with Crippen LogP contribution in [0.2, 0.25) is 0 Å². The number of thioether (sulfide) groups is 1. The van der Waals surface area contributed by atoms with Crippen molar-refractivity contribution in [2.75, 3.05) is 17.6 Å². The lowest BCUT2D eigenvalue weighted by molar-refractivity contribution is 0.911. The van der Waals surface area contributed by atoms with Gasteiger partial charge in [0.25, 0.3) is 0 Å². The zero-order chi connectivity index (χ0) is 12.0. The van der Waals surface area contributed by atoms with Gasteiger partial charge in [-0.1, -0.05) is 27.6 Å². The van der Waals surface area contributed by atoms with Crippen LogP contribution in [0, 0.1) is 0 Å². The van der Waals surface area contributed by atoms with Gasteiger partial charge in [-0.05, 0) is 23.6 Å². The third-order valence-corrected chi connectivity index (χ3v) is 5.45. The number of halogens is 1. The molecule has 1 aromatic heterocycles. The second-order valence-corrected chi connectivity index (χ2v) is 10.3. The van der Waals surface area contributed by atoms with Crippen molar-refractivity contribution in [2.45, 2.75) is 11.7 Å². The van der Waals surface area contributed by atoms with Crippen molar-refractivity contribution in [3.63, 3.8) is 0 Å². The third-order valence-electron chi connectivity index (χ3n) is 1.47. The van der Waals surface area contributed by atoms with Crippen molar-refractivity contribution < 1.29 is 0 Å². The lowest BCUT2D eigenvalue weighted by Crippen LogP contribution is -1.93. The SMILES string of the molecule is CS(C)(Cl)CSc1ncc(CN=[N+]=[N-])cn1. The predicted molar refractivity (Wildman–Crippen MR) is 70.9 cm³/mol. The molecule has 0 bridgehead atoms. The Morgan fingerprint density at radius 2 is 2.12 bits per heavy atom. The highest BCUT2D eigenvalue weighted by atomic mass is 35.7. The maximum atomic E-state index is 8.16. The minimum atomic E-state index is -1.06. The Bertz CT molecular complexity index is 382. The fourth-order valence-electron chi connectivity index (χ4n) is 0.805. The van der Waals surface area contributed by atoms with E-state index in [9.17, 15) is 0 Å². The van der Waals surface area contributed by atoms with Crippen LogP contribution in [0.15, 0.2) is 22.7 Å². The van der Waals surface area contributed by atoms with Crippen molar-refractivity contribution in [3.05, 3.63) is 28.4 Å². The van der Waals surface area contributed by atoms with Gasteiger partial charge in [-0.25, -0.2) is 9.97 Å². The minimum absolute atomic E-state index is 0.285. The van der Waals surface area contributed by atoms with Gasteiger partial charge in [0, 0.05) is 22.4 Å². The molecule has 0 radical (unpaired) electrons. The van der Waals surface area contributed by atoms with Gasteiger partial charge in [0.2, 0.25) is 0 Å². The van der Waals surface area contributed by atoms with E-state index in [0.29, 0.717) is 5.16 Å². The number of hydrogen-bond acceptors (Lipinski definition) is 4. The van der Waals surface area contributed by atoms with Crippen LogP contribution in [-0.4, -0.2) is 27.6 Å². The van der Waals surface area contributed by atoms with Crippen molar-refractivity contribution in [1.82, 2.24) is 9.97 Å². The van der Waals surface area contributed by atoms with Crippen LogP contribution < -0.4 is 0 Å². The number of aromatic nitrogens is 2. The lowest BCUT2D eigenvalue weighted by Gasteiger charge is -2.19. The summed E-state index contributed by atoms with van der Waals surface area (Å²) in [5.41, 5.74) is 8.96. The first kappa shape index (κ1) is 13.4. The van der Waals surface area contributed by atoms with Crippen molar-refractivity contribution in [1.29, 1.82) is 0 Å². The van der Waals surface area contributed by atoms with E-state index in [1.54, 1.807) is 12.4 Å². The molecule has 1 rings (SSSR count). The summed E-state index contributed by atoms with van der Waals surface area (Å²) in [5, 5.41) is 4.96. The average Bonchev–Trinajstić information content (AvgIpc) is 2.24. The number of nitrogens with zero attached hydrogens (tertiary/aromatic N) is 5. The summed E-state index contributed by atoms with van der Waals surface area (Å²) in [6.45, 7) is 0.285. The zero-order valence-corrected chi connectivity index (χ0v) is 11.4. The van der Waals surface area contributed by atoms with Gasteiger partial charge < -0.3 is 0 Å². The van der Waals surface area contributed by atoms with Gasteiger partial charge in [-0.3, -0.25) is 0 Å². The Morgan fingerprint density at radius 3 is 2.62 bits per heavy atom. The molecule has 1 heterocycles. The summed E-state index contributed by atoms with van der Waals surface area (Å²) >= 11 is 1.54. The molecule has 0 atom stereocenters. The monoisotopic (exact) mass is 277 g/mol. The summed E-state index contributed by atoms with van der Waals surface area (Å²) in [5.74, 6) is 0. The molecule has 0 aliphatic heterocycles. The molecule has 0 spiro atoms. The molecule has 0 fully saturated rings. The van der Waals surface area contributed by atoms with E-state index in [0.717, 1.165) is 10.6 Å². The van der Waals surface area contributed by atoms with Crippen LogP contribution in [0.4, 0.5) is 0 Å². The largest absolute Gasteiger partial charge is 0.231 e. The summed E-state index contributed by atoms with van der Waals surface area (Å²) in [4.78, 5) is 11.0. The molecule has 88 valence electrons. The third kappa shape index (κ3) is 5.46. The standard InChI is InChI=1S/C8H12ClN5S2/c1-16(2,9)6-15-8-11-3-7(4-12-8)5-13-14-10/h3-4H,5-6H2,1-2H3. The van der Waals surface area contributed by atoms with E-state index in [1.807, 2.05) is 12.5 Å². The molecule has 0 aliphatic rings. The molecule has 0 saturated heterocycles. The van der Waals surface area contributed by atoms with Gasteiger partial charge in [0.05, 0.1) is 6.54 Å². The quantitative estimate of drug-likeness (QED) is 0.271. The van der Waals surface area contributed by atoms with E-state index in [4.69, 9.17) is 16.2 Å². The maximum absolute atomic E-state index is 8.16. The molecule has 0 N–H and O–H groups in total. The molecular formula is C8H12ClN5S2. The van der Waals surface area contributed by atoms with E-state index >= 15 is 0 Å². The molecule has 0 amide bonds. The van der Waals surface area contributed by atoms with Crippen molar-refractivity contribution in [3.8, 4) is 0 Å². The predicted octanol–water partition coefficient (Wildman–Crippen LogP) is 3.55. The van der Waals surface area contributed by atoms with E-state index in [1.165, 1.54) is 11.8 Å². The highest BCUT2D eigenvalue weighted by Gasteiger charge is 2.08. The molecule has 16 heavy (non-hydrogen) atoms. The fourth-order valence-corrected chi connectivity index (χ4v) is 3.00. The summed E-state index contributed by atoms with van der Waals surface area (Å²) in [6, 6.07) is 0. The van der Waals surface area contributed by atoms with E-state index in [-0.39, 0.29) is 6.54 Å². The highest BCUT2D eigenvalue weighted by molar-refractivity contribution is 8.54. The van der Waals surface area contributed by atoms with Crippen LogP contribution in [-0.2, 0) is 6.54 Å². The Kier molecular flexibility index (Phi) is 5.21.